The summed E-state index contributed by atoms with van der Waals surface area (Å²) in [5.41, 5.74) is 1.29. The lowest BCUT2D eigenvalue weighted by Gasteiger charge is -2.18. The number of nitrogens with zero attached hydrogens (tertiary/aromatic N) is 1. The van der Waals surface area contributed by atoms with Crippen molar-refractivity contribution < 1.29 is 0 Å². The summed E-state index contributed by atoms with van der Waals surface area (Å²) in [6.07, 6.45) is 8.77. The van der Waals surface area contributed by atoms with E-state index in [2.05, 4.69) is 57.8 Å². The predicted octanol–water partition coefficient (Wildman–Crippen LogP) is 3.83. The Morgan fingerprint density at radius 1 is 1.36 bits per heavy atom. The van der Waals surface area contributed by atoms with E-state index in [-0.39, 0.29) is 5.41 Å². The second kappa shape index (κ2) is 4.12. The lowest BCUT2D eigenvalue weighted by atomic mass is 9.91. The molecule has 0 aromatic heterocycles. The molecule has 14 heavy (non-hydrogen) atoms. The Morgan fingerprint density at radius 2 is 2.00 bits per heavy atom. The lowest BCUT2D eigenvalue weighted by Crippen LogP contribution is -2.12. The van der Waals surface area contributed by atoms with Gasteiger partial charge in [0.05, 0.1) is 0 Å². The summed E-state index contributed by atoms with van der Waals surface area (Å²) in [5, 5.41) is 0. The van der Waals surface area contributed by atoms with Crippen molar-refractivity contribution in [2.45, 2.75) is 34.6 Å². The van der Waals surface area contributed by atoms with Gasteiger partial charge >= 0.3 is 0 Å². The molecule has 0 radical (unpaired) electrons. The fourth-order valence-corrected chi connectivity index (χ4v) is 1.39. The number of hydrogen-bond acceptors (Lipinski definition) is 1. The van der Waals surface area contributed by atoms with E-state index in [9.17, 15) is 0 Å². The van der Waals surface area contributed by atoms with Gasteiger partial charge in [0, 0.05) is 17.3 Å². The van der Waals surface area contributed by atoms with Gasteiger partial charge < -0.3 is 0 Å². The molecule has 0 aromatic rings. The summed E-state index contributed by atoms with van der Waals surface area (Å²) in [7, 11) is 0. The molecule has 0 fully saturated rings. The summed E-state index contributed by atoms with van der Waals surface area (Å²) < 4.78 is 0. The third-order valence-electron chi connectivity index (χ3n) is 2.40. The SMILES string of the molecule is CC1/C=C\C(C)(C)C=N/C(C(C)C)=C\1. The first-order valence-electron chi connectivity index (χ1n) is 5.37. The molecule has 0 spiro atoms. The molecule has 1 unspecified atom stereocenters. The van der Waals surface area contributed by atoms with Gasteiger partial charge in [0.25, 0.3) is 0 Å². The van der Waals surface area contributed by atoms with Crippen LogP contribution in [0, 0.1) is 17.3 Å². The number of allylic oxidation sites excluding steroid dienone is 4. The Hall–Kier alpha value is -0.850. The highest BCUT2D eigenvalue weighted by Crippen LogP contribution is 2.22. The molecule has 0 N–H and O–H groups in total. The first-order valence-corrected chi connectivity index (χ1v) is 5.37. The fraction of sp³-hybridized carbons (Fsp3) is 0.615. The van der Waals surface area contributed by atoms with Crippen molar-refractivity contribution in [2.75, 3.05) is 0 Å². The average Bonchev–Trinajstić information content (AvgIpc) is 2.06. The number of aliphatic imine (C=N–C) groups is 1. The third-order valence-corrected chi connectivity index (χ3v) is 2.40. The van der Waals surface area contributed by atoms with Crippen LogP contribution in [0.2, 0.25) is 0 Å². The zero-order valence-electron chi connectivity index (χ0n) is 9.91. The van der Waals surface area contributed by atoms with E-state index < -0.39 is 0 Å². The Bertz CT molecular complexity index is 280. The summed E-state index contributed by atoms with van der Waals surface area (Å²) in [6.45, 7) is 10.9. The Kier molecular flexibility index (Phi) is 3.30. The Labute approximate surface area is 87.6 Å². The molecule has 1 heteroatoms. The van der Waals surface area contributed by atoms with Crippen molar-refractivity contribution >= 4 is 6.21 Å². The molecule has 0 amide bonds. The van der Waals surface area contributed by atoms with Crippen LogP contribution in [0.25, 0.3) is 0 Å². The maximum atomic E-state index is 4.57. The highest BCUT2D eigenvalue weighted by atomic mass is 14.7. The van der Waals surface area contributed by atoms with Crippen LogP contribution < -0.4 is 0 Å². The topological polar surface area (TPSA) is 12.4 Å². The van der Waals surface area contributed by atoms with Gasteiger partial charge in [0.2, 0.25) is 0 Å². The monoisotopic (exact) mass is 191 g/mol. The minimum absolute atomic E-state index is 0.0860. The molecule has 0 aliphatic carbocycles. The van der Waals surface area contributed by atoms with Crippen LogP contribution in [0.1, 0.15) is 34.6 Å². The van der Waals surface area contributed by atoms with E-state index in [0.29, 0.717) is 11.8 Å². The number of rotatable bonds is 1. The van der Waals surface area contributed by atoms with Crippen LogP contribution in [0.3, 0.4) is 0 Å². The normalized spacial score (nSPS) is 31.9. The highest BCUT2D eigenvalue weighted by Gasteiger charge is 2.14. The molecular formula is C13H21N. The molecule has 1 aliphatic rings. The van der Waals surface area contributed by atoms with Crippen molar-refractivity contribution in [3.63, 3.8) is 0 Å². The highest BCUT2D eigenvalue weighted by molar-refractivity contribution is 5.69. The molecule has 1 nitrogen and oxygen atoms in total. The van der Waals surface area contributed by atoms with Gasteiger partial charge in [0.1, 0.15) is 0 Å². The van der Waals surface area contributed by atoms with Gasteiger partial charge in [0.15, 0.2) is 0 Å². The van der Waals surface area contributed by atoms with Gasteiger partial charge in [-0.2, -0.15) is 0 Å². The standard InChI is InChI=1S/C13H21N/c1-10(2)12-8-11(3)6-7-13(4,5)9-14-12/h6-11H,1-5H3/b7-6-,12-8-,14-9?. The zero-order valence-corrected chi connectivity index (χ0v) is 9.91. The molecular weight excluding hydrogens is 170 g/mol. The molecule has 1 rings (SSSR count). The number of hydrogen-bond donors (Lipinski definition) is 0. The van der Waals surface area contributed by atoms with E-state index >= 15 is 0 Å². The summed E-state index contributed by atoms with van der Waals surface area (Å²) >= 11 is 0. The minimum atomic E-state index is 0.0860. The van der Waals surface area contributed by atoms with Crippen LogP contribution in [0.4, 0.5) is 0 Å². The first-order chi connectivity index (χ1) is 6.41. The van der Waals surface area contributed by atoms with Crippen LogP contribution >= 0.6 is 0 Å². The Morgan fingerprint density at radius 3 is 2.57 bits per heavy atom. The van der Waals surface area contributed by atoms with Gasteiger partial charge in [-0.25, -0.2) is 0 Å². The predicted molar refractivity (Wildman–Crippen MR) is 63.5 cm³/mol. The Balaban J connectivity index is 3.01. The first kappa shape index (κ1) is 11.2. The third kappa shape index (κ3) is 3.13. The van der Waals surface area contributed by atoms with E-state index in [0.717, 1.165) is 0 Å². The molecule has 0 saturated heterocycles. The molecule has 78 valence electrons. The van der Waals surface area contributed by atoms with Gasteiger partial charge in [-0.1, -0.05) is 52.8 Å². The molecule has 0 bridgehead atoms. The van der Waals surface area contributed by atoms with Crippen LogP contribution in [0.5, 0.6) is 0 Å². The summed E-state index contributed by atoms with van der Waals surface area (Å²) in [5.74, 6) is 1.00. The molecule has 0 saturated carbocycles. The smallest absolute Gasteiger partial charge is 0.0391 e. The van der Waals surface area contributed by atoms with E-state index in [4.69, 9.17) is 0 Å². The van der Waals surface area contributed by atoms with Gasteiger partial charge in [-0.3, -0.25) is 4.99 Å². The molecule has 1 heterocycles. The molecule has 1 aliphatic heterocycles. The second-order valence-corrected chi connectivity index (χ2v) is 5.04. The molecule has 1 atom stereocenters. The minimum Gasteiger partial charge on any atom is -0.265 e. The lowest BCUT2D eigenvalue weighted by molar-refractivity contribution is 0.665. The maximum Gasteiger partial charge on any atom is 0.0391 e. The largest absolute Gasteiger partial charge is 0.265 e. The van der Waals surface area contributed by atoms with Crippen LogP contribution in [0.15, 0.2) is 28.9 Å². The maximum absolute atomic E-state index is 4.57. The second-order valence-electron chi connectivity index (χ2n) is 5.04. The van der Waals surface area contributed by atoms with Crippen molar-refractivity contribution in [2.24, 2.45) is 22.2 Å². The quantitative estimate of drug-likeness (QED) is 0.559. The average molecular weight is 191 g/mol. The summed E-state index contributed by atoms with van der Waals surface area (Å²) in [4.78, 5) is 4.57. The van der Waals surface area contributed by atoms with Crippen molar-refractivity contribution in [3.8, 4) is 0 Å². The van der Waals surface area contributed by atoms with Crippen molar-refractivity contribution in [1.82, 2.24) is 0 Å². The van der Waals surface area contributed by atoms with Gasteiger partial charge in [-0.15, -0.1) is 0 Å². The fourth-order valence-electron chi connectivity index (χ4n) is 1.39. The van der Waals surface area contributed by atoms with Crippen molar-refractivity contribution in [1.29, 1.82) is 0 Å². The van der Waals surface area contributed by atoms with E-state index in [1.54, 1.807) is 0 Å². The van der Waals surface area contributed by atoms with Gasteiger partial charge in [-0.05, 0) is 11.8 Å². The van der Waals surface area contributed by atoms with E-state index in [1.807, 2.05) is 6.21 Å². The summed E-state index contributed by atoms with van der Waals surface area (Å²) in [6, 6.07) is 0. The van der Waals surface area contributed by atoms with E-state index in [1.165, 1.54) is 5.70 Å². The van der Waals surface area contributed by atoms with Crippen molar-refractivity contribution in [3.05, 3.63) is 23.9 Å². The van der Waals surface area contributed by atoms with Crippen LogP contribution in [-0.2, 0) is 0 Å². The molecule has 0 aromatic carbocycles. The zero-order chi connectivity index (χ0) is 10.8. The van der Waals surface area contributed by atoms with Crippen LogP contribution in [-0.4, -0.2) is 6.21 Å².